The maximum absolute atomic E-state index is 10.1. The van der Waals surface area contributed by atoms with E-state index in [4.69, 9.17) is 9.84 Å². The predicted octanol–water partition coefficient (Wildman–Crippen LogP) is 0.650. The molecule has 1 N–H and O–H groups in total. The Labute approximate surface area is 72.6 Å². The van der Waals surface area contributed by atoms with Crippen molar-refractivity contribution in [3.63, 3.8) is 0 Å². The van der Waals surface area contributed by atoms with Gasteiger partial charge in [0.25, 0.3) is 0 Å². The van der Waals surface area contributed by atoms with Crippen LogP contribution in [0.4, 0.5) is 0 Å². The van der Waals surface area contributed by atoms with Crippen LogP contribution in [0.1, 0.15) is 0 Å². The quantitative estimate of drug-likeness (QED) is 0.701. The summed E-state index contributed by atoms with van der Waals surface area (Å²) in [6, 6.07) is 7.13. The molecule has 1 rings (SSSR count). The molecule has 64 valence electrons. The summed E-state index contributed by atoms with van der Waals surface area (Å²) in [5, 5.41) is 9.34. The summed E-state index contributed by atoms with van der Waals surface area (Å²) in [6.45, 7) is -0.295. The van der Waals surface area contributed by atoms with Crippen LogP contribution in [-0.2, 0) is 4.79 Å². The normalized spacial score (nSPS) is 9.42. The summed E-state index contributed by atoms with van der Waals surface area (Å²) >= 11 is 0. The lowest BCUT2D eigenvalue weighted by Gasteiger charge is -2.01. The average Bonchev–Trinajstić information content (AvgIpc) is 2.03. The van der Waals surface area contributed by atoms with E-state index in [1.165, 1.54) is 0 Å². The van der Waals surface area contributed by atoms with Crippen molar-refractivity contribution in [2.75, 3.05) is 6.61 Å². The molecule has 0 aromatic heterocycles. The van der Waals surface area contributed by atoms with Crippen LogP contribution in [-0.4, -0.2) is 17.7 Å². The van der Waals surface area contributed by atoms with Crippen molar-refractivity contribution in [1.29, 1.82) is 0 Å². The van der Waals surface area contributed by atoms with Gasteiger partial charge in [-0.3, -0.25) is 0 Å². The first-order valence-corrected chi connectivity index (χ1v) is 3.96. The van der Waals surface area contributed by atoms with Crippen molar-refractivity contribution in [3.05, 3.63) is 24.3 Å². The van der Waals surface area contributed by atoms with Crippen molar-refractivity contribution in [3.8, 4) is 5.75 Å². The molecule has 0 aliphatic carbocycles. The maximum atomic E-state index is 10.1. The zero-order chi connectivity index (χ0) is 8.97. The third-order valence-corrected chi connectivity index (χ3v) is 1.63. The fourth-order valence-electron chi connectivity index (χ4n) is 0.709. The van der Waals surface area contributed by atoms with Gasteiger partial charge in [0.05, 0.1) is 0 Å². The third-order valence-electron chi connectivity index (χ3n) is 1.24. The van der Waals surface area contributed by atoms with Gasteiger partial charge < -0.3 is 9.84 Å². The zero-order valence-corrected chi connectivity index (χ0v) is 7.51. The van der Waals surface area contributed by atoms with Gasteiger partial charge in [-0.2, -0.15) is 0 Å². The minimum Gasteiger partial charge on any atom is -0.482 e. The molecule has 1 aromatic rings. The van der Waals surface area contributed by atoms with Gasteiger partial charge in [-0.05, 0) is 17.4 Å². The Balaban J connectivity index is 2.53. The molecule has 0 heterocycles. The average molecular weight is 184 g/mol. The number of hydrogen-bond donors (Lipinski definition) is 1. The summed E-state index contributed by atoms with van der Waals surface area (Å²) < 4.78 is 4.91. The molecule has 0 bridgehead atoms. The Hall–Kier alpha value is -1.08. The Morgan fingerprint density at radius 2 is 2.00 bits per heavy atom. The largest absolute Gasteiger partial charge is 0.482 e. The molecule has 0 aliphatic rings. The first-order valence-electron chi connectivity index (χ1n) is 3.38. The van der Waals surface area contributed by atoms with Crippen LogP contribution < -0.4 is 10.0 Å². The van der Waals surface area contributed by atoms with Crippen LogP contribution in [0.15, 0.2) is 24.3 Å². The highest BCUT2D eigenvalue weighted by Crippen LogP contribution is 2.07. The van der Waals surface area contributed by atoms with Crippen LogP contribution in [0.2, 0.25) is 0 Å². The molecule has 0 fully saturated rings. The fraction of sp³-hybridized carbons (Fsp3) is 0.125. The van der Waals surface area contributed by atoms with Crippen molar-refractivity contribution in [1.82, 2.24) is 0 Å². The van der Waals surface area contributed by atoms with Gasteiger partial charge in [-0.1, -0.05) is 12.1 Å². The Bertz CT molecular complexity index is 268. The van der Waals surface area contributed by atoms with E-state index in [0.717, 1.165) is 5.30 Å². The highest BCUT2D eigenvalue weighted by Gasteiger charge is 1.97. The summed E-state index contributed by atoms with van der Waals surface area (Å²) in [5.41, 5.74) is 0. The lowest BCUT2D eigenvalue weighted by atomic mass is 10.3. The van der Waals surface area contributed by atoms with Crippen molar-refractivity contribution >= 4 is 20.5 Å². The molecule has 0 amide bonds. The van der Waals surface area contributed by atoms with Gasteiger partial charge in [0.2, 0.25) is 0 Å². The first-order chi connectivity index (χ1) is 5.68. The second-order valence-electron chi connectivity index (χ2n) is 2.25. The highest BCUT2D eigenvalue weighted by atomic mass is 31.0. The molecular weight excluding hydrogens is 175 g/mol. The molecule has 1 unspecified atom stereocenters. The highest BCUT2D eigenvalue weighted by molar-refractivity contribution is 7.27. The van der Waals surface area contributed by atoms with E-state index < -0.39 is 5.97 Å². The molecule has 0 saturated carbocycles. The van der Waals surface area contributed by atoms with E-state index >= 15 is 0 Å². The molecule has 0 radical (unpaired) electrons. The van der Waals surface area contributed by atoms with Gasteiger partial charge in [-0.25, -0.2) is 4.79 Å². The van der Waals surface area contributed by atoms with Crippen LogP contribution in [0.3, 0.4) is 0 Å². The van der Waals surface area contributed by atoms with Gasteiger partial charge >= 0.3 is 5.97 Å². The van der Waals surface area contributed by atoms with Crippen molar-refractivity contribution in [2.45, 2.75) is 0 Å². The fourth-order valence-corrected chi connectivity index (χ4v) is 0.902. The smallest absolute Gasteiger partial charge is 0.341 e. The van der Waals surface area contributed by atoms with E-state index in [1.54, 1.807) is 12.1 Å². The monoisotopic (exact) mass is 184 g/mol. The standard InChI is InChI=1S/C8H9O3P/c9-8(10)5-11-6-1-3-7(12)4-2-6/h1-4H,5,12H2,(H,9,10). The van der Waals surface area contributed by atoms with E-state index in [0.29, 0.717) is 5.75 Å². The Morgan fingerprint density at radius 1 is 1.42 bits per heavy atom. The molecule has 3 nitrogen and oxygen atoms in total. The topological polar surface area (TPSA) is 46.5 Å². The molecule has 1 atom stereocenters. The van der Waals surface area contributed by atoms with Crippen LogP contribution in [0.5, 0.6) is 5.75 Å². The number of benzene rings is 1. The number of carbonyl (C=O) groups is 1. The van der Waals surface area contributed by atoms with E-state index in [1.807, 2.05) is 12.1 Å². The summed E-state index contributed by atoms with van der Waals surface area (Å²) in [5.74, 6) is -0.395. The van der Waals surface area contributed by atoms with E-state index in [-0.39, 0.29) is 6.61 Å². The zero-order valence-electron chi connectivity index (χ0n) is 6.36. The Kier molecular flexibility index (Phi) is 3.06. The number of aliphatic carboxylic acids is 1. The minimum atomic E-state index is -0.968. The summed E-state index contributed by atoms with van der Waals surface area (Å²) in [4.78, 5) is 10.1. The third kappa shape index (κ3) is 2.89. The number of rotatable bonds is 3. The predicted molar refractivity (Wildman–Crippen MR) is 48.9 cm³/mol. The summed E-state index contributed by atoms with van der Waals surface area (Å²) in [6.07, 6.45) is 0. The van der Waals surface area contributed by atoms with Gasteiger partial charge in [-0.15, -0.1) is 9.24 Å². The Morgan fingerprint density at radius 3 is 2.50 bits per heavy atom. The number of carboxylic acid groups (broad SMARTS) is 1. The van der Waals surface area contributed by atoms with E-state index in [2.05, 4.69) is 9.24 Å². The molecule has 12 heavy (non-hydrogen) atoms. The lowest BCUT2D eigenvalue weighted by molar-refractivity contribution is -0.139. The van der Waals surface area contributed by atoms with E-state index in [9.17, 15) is 4.79 Å². The van der Waals surface area contributed by atoms with Crippen LogP contribution in [0, 0.1) is 0 Å². The number of carboxylic acids is 1. The first kappa shape index (κ1) is 9.01. The molecule has 4 heteroatoms. The van der Waals surface area contributed by atoms with Gasteiger partial charge in [0, 0.05) is 0 Å². The van der Waals surface area contributed by atoms with Gasteiger partial charge in [0.15, 0.2) is 6.61 Å². The molecule has 0 saturated heterocycles. The lowest BCUT2D eigenvalue weighted by Crippen LogP contribution is -2.09. The minimum absolute atomic E-state index is 0.295. The summed E-state index contributed by atoms with van der Waals surface area (Å²) in [7, 11) is 2.53. The molecule has 0 spiro atoms. The molecule has 1 aromatic carbocycles. The molecule has 0 aliphatic heterocycles. The second kappa shape index (κ2) is 4.07. The second-order valence-corrected chi connectivity index (χ2v) is 2.92. The SMILES string of the molecule is O=C(O)COc1ccc(P)cc1. The maximum Gasteiger partial charge on any atom is 0.341 e. The number of ether oxygens (including phenoxy) is 1. The molecular formula is C8H9O3P. The van der Waals surface area contributed by atoms with Gasteiger partial charge in [0.1, 0.15) is 5.75 Å². The number of hydrogen-bond acceptors (Lipinski definition) is 2. The van der Waals surface area contributed by atoms with Crippen molar-refractivity contribution in [2.24, 2.45) is 0 Å². The van der Waals surface area contributed by atoms with Crippen molar-refractivity contribution < 1.29 is 14.6 Å². The van der Waals surface area contributed by atoms with Crippen LogP contribution in [0.25, 0.3) is 0 Å². The van der Waals surface area contributed by atoms with Crippen LogP contribution >= 0.6 is 9.24 Å².